The van der Waals surface area contributed by atoms with E-state index in [9.17, 15) is 0 Å². The van der Waals surface area contributed by atoms with Gasteiger partial charge < -0.3 is 10.2 Å². The zero-order chi connectivity index (χ0) is 16.5. The van der Waals surface area contributed by atoms with E-state index in [0.29, 0.717) is 17.5 Å². The first kappa shape index (κ1) is 15.2. The van der Waals surface area contributed by atoms with Crippen LogP contribution < -0.4 is 5.73 Å². The Morgan fingerprint density at radius 1 is 1.25 bits per heavy atom. The number of anilines is 1. The Balaban J connectivity index is 1.51. The van der Waals surface area contributed by atoms with Gasteiger partial charge in [0.25, 0.3) is 0 Å². The highest BCUT2D eigenvalue weighted by molar-refractivity contribution is 6.33. The number of nitrogens with zero attached hydrogens (tertiary/aromatic N) is 3. The number of nitrogen functional groups attached to an aromatic ring is 1. The molecule has 6 heteroatoms. The van der Waals surface area contributed by atoms with Crippen LogP contribution in [-0.4, -0.2) is 21.4 Å². The van der Waals surface area contributed by atoms with E-state index in [4.69, 9.17) is 21.8 Å². The number of halogens is 1. The zero-order valence-corrected chi connectivity index (χ0v) is 13.8. The quantitative estimate of drug-likeness (QED) is 0.790. The van der Waals surface area contributed by atoms with Crippen LogP contribution in [-0.2, 0) is 19.5 Å². The summed E-state index contributed by atoms with van der Waals surface area (Å²) in [7, 11) is 0. The van der Waals surface area contributed by atoms with E-state index in [0.717, 1.165) is 47.7 Å². The minimum absolute atomic E-state index is 0.550. The van der Waals surface area contributed by atoms with Crippen LogP contribution in [0.3, 0.4) is 0 Å². The number of benzene rings is 1. The third-order valence-corrected chi connectivity index (χ3v) is 4.60. The fraction of sp³-hybridized carbons (Fsp3) is 0.222. The molecule has 0 unspecified atom stereocenters. The molecular weight excluding hydrogens is 324 g/mol. The van der Waals surface area contributed by atoms with Crippen molar-refractivity contribution in [1.82, 2.24) is 14.9 Å². The van der Waals surface area contributed by atoms with Crippen molar-refractivity contribution < 1.29 is 4.42 Å². The number of pyridine rings is 1. The van der Waals surface area contributed by atoms with Crippen LogP contribution in [0.25, 0.3) is 11.5 Å². The van der Waals surface area contributed by atoms with E-state index in [1.54, 1.807) is 12.5 Å². The van der Waals surface area contributed by atoms with Gasteiger partial charge >= 0.3 is 0 Å². The number of fused-ring (bicyclic) bond motifs is 1. The molecule has 0 fully saturated rings. The molecule has 0 aliphatic carbocycles. The van der Waals surface area contributed by atoms with Gasteiger partial charge in [0.15, 0.2) is 0 Å². The van der Waals surface area contributed by atoms with Crippen LogP contribution in [0.4, 0.5) is 5.69 Å². The minimum Gasteiger partial charge on any atom is -0.444 e. The molecule has 5 nitrogen and oxygen atoms in total. The number of rotatable bonds is 3. The Hall–Kier alpha value is -2.37. The van der Waals surface area contributed by atoms with E-state index < -0.39 is 0 Å². The Labute approximate surface area is 145 Å². The Kier molecular flexibility index (Phi) is 3.96. The van der Waals surface area contributed by atoms with Crippen LogP contribution in [0.1, 0.15) is 17.0 Å². The molecule has 3 heterocycles. The lowest BCUT2D eigenvalue weighted by Gasteiger charge is -2.28. The maximum atomic E-state index is 6.20. The van der Waals surface area contributed by atoms with E-state index >= 15 is 0 Å². The summed E-state index contributed by atoms with van der Waals surface area (Å²) in [5.74, 6) is 0.550. The highest BCUT2D eigenvalue weighted by Gasteiger charge is 2.20. The largest absolute Gasteiger partial charge is 0.444 e. The van der Waals surface area contributed by atoms with Crippen molar-refractivity contribution in [2.45, 2.75) is 19.5 Å². The predicted molar refractivity (Wildman–Crippen MR) is 93.4 cm³/mol. The average molecular weight is 341 g/mol. The maximum Gasteiger partial charge on any atom is 0.227 e. The topological polar surface area (TPSA) is 68.2 Å². The minimum atomic E-state index is 0.550. The maximum absolute atomic E-state index is 6.20. The number of hydrogen-bond donors (Lipinski definition) is 1. The third kappa shape index (κ3) is 2.88. The summed E-state index contributed by atoms with van der Waals surface area (Å²) in [4.78, 5) is 11.3. The summed E-state index contributed by atoms with van der Waals surface area (Å²) >= 11 is 6.20. The van der Waals surface area contributed by atoms with Crippen LogP contribution >= 0.6 is 11.6 Å². The van der Waals surface area contributed by atoms with Crippen molar-refractivity contribution in [3.05, 3.63) is 64.8 Å². The highest BCUT2D eigenvalue weighted by Crippen LogP contribution is 2.28. The second-order valence-corrected chi connectivity index (χ2v) is 6.32. The van der Waals surface area contributed by atoms with Crippen molar-refractivity contribution in [2.75, 3.05) is 12.3 Å². The summed E-state index contributed by atoms with van der Waals surface area (Å²) < 4.78 is 5.61. The van der Waals surface area contributed by atoms with E-state index in [-0.39, 0.29) is 0 Å². The van der Waals surface area contributed by atoms with Crippen molar-refractivity contribution in [1.29, 1.82) is 0 Å². The fourth-order valence-electron chi connectivity index (χ4n) is 3.02. The first-order valence-corrected chi connectivity index (χ1v) is 8.22. The third-order valence-electron chi connectivity index (χ3n) is 4.27. The molecule has 0 amide bonds. The van der Waals surface area contributed by atoms with Crippen LogP contribution in [0, 0.1) is 0 Å². The summed E-state index contributed by atoms with van der Waals surface area (Å²) in [5.41, 5.74) is 10.8. The molecule has 24 heavy (non-hydrogen) atoms. The summed E-state index contributed by atoms with van der Waals surface area (Å²) in [6.45, 7) is 2.42. The molecule has 122 valence electrons. The second-order valence-electron chi connectivity index (χ2n) is 5.91. The number of nitrogens with two attached hydrogens (primary N) is 1. The SMILES string of the molecule is Nc1ccnc2c1CN(Cc1coc(-c3ccccc3Cl)n1)CC2. The zero-order valence-electron chi connectivity index (χ0n) is 13.1. The normalized spacial score (nSPS) is 14.5. The van der Waals surface area contributed by atoms with Gasteiger partial charge in [-0.3, -0.25) is 9.88 Å². The molecule has 3 aromatic rings. The number of oxazole rings is 1. The molecule has 2 N–H and O–H groups in total. The molecule has 1 aromatic carbocycles. The molecule has 2 aromatic heterocycles. The molecule has 0 atom stereocenters. The van der Waals surface area contributed by atoms with Crippen molar-refractivity contribution in [2.24, 2.45) is 0 Å². The van der Waals surface area contributed by atoms with Crippen molar-refractivity contribution in [3.8, 4) is 11.5 Å². The van der Waals surface area contributed by atoms with Crippen LogP contribution in [0.15, 0.2) is 47.2 Å². The Morgan fingerprint density at radius 3 is 3.00 bits per heavy atom. The van der Waals surface area contributed by atoms with Gasteiger partial charge in [0.2, 0.25) is 5.89 Å². The first-order valence-electron chi connectivity index (χ1n) is 7.84. The van der Waals surface area contributed by atoms with Gasteiger partial charge in [-0.05, 0) is 18.2 Å². The van der Waals surface area contributed by atoms with Gasteiger partial charge in [-0.15, -0.1) is 0 Å². The molecule has 1 aliphatic heterocycles. The molecule has 0 saturated heterocycles. The lowest BCUT2D eigenvalue weighted by atomic mass is 10.0. The molecule has 0 saturated carbocycles. The highest BCUT2D eigenvalue weighted by atomic mass is 35.5. The van der Waals surface area contributed by atoms with Crippen molar-refractivity contribution >= 4 is 17.3 Å². The molecule has 0 bridgehead atoms. The fourth-order valence-corrected chi connectivity index (χ4v) is 3.24. The molecular formula is C18H17ClN4O. The lowest BCUT2D eigenvalue weighted by Crippen LogP contribution is -2.31. The summed E-state index contributed by atoms with van der Waals surface area (Å²) in [5, 5.41) is 0.636. The lowest BCUT2D eigenvalue weighted by molar-refractivity contribution is 0.241. The van der Waals surface area contributed by atoms with E-state index in [1.165, 1.54) is 0 Å². The van der Waals surface area contributed by atoms with Gasteiger partial charge in [0.05, 0.1) is 16.3 Å². The predicted octanol–water partition coefficient (Wildman–Crippen LogP) is 3.53. The number of hydrogen-bond acceptors (Lipinski definition) is 5. The molecule has 1 aliphatic rings. The Bertz CT molecular complexity index is 877. The summed E-state index contributed by atoms with van der Waals surface area (Å²) in [6.07, 6.45) is 4.37. The van der Waals surface area contributed by atoms with Gasteiger partial charge in [-0.2, -0.15) is 0 Å². The van der Waals surface area contributed by atoms with E-state index in [1.807, 2.05) is 30.3 Å². The van der Waals surface area contributed by atoms with E-state index in [2.05, 4.69) is 14.9 Å². The average Bonchev–Trinajstić information content (AvgIpc) is 3.04. The standard InChI is InChI=1S/C18H17ClN4O/c19-15-4-2-1-3-13(15)18-22-12(11-24-18)9-23-8-6-17-14(10-23)16(20)5-7-21-17/h1-5,7,11H,6,8-10H2,(H2,20,21). The molecule has 4 rings (SSSR count). The van der Waals surface area contributed by atoms with Gasteiger partial charge in [-0.1, -0.05) is 23.7 Å². The molecule has 0 radical (unpaired) electrons. The first-order chi connectivity index (χ1) is 11.7. The van der Waals surface area contributed by atoms with Crippen LogP contribution in [0.2, 0.25) is 5.02 Å². The molecule has 0 spiro atoms. The van der Waals surface area contributed by atoms with Gasteiger partial charge in [0.1, 0.15) is 6.26 Å². The van der Waals surface area contributed by atoms with Crippen LogP contribution in [0.5, 0.6) is 0 Å². The smallest absolute Gasteiger partial charge is 0.227 e. The Morgan fingerprint density at radius 2 is 2.12 bits per heavy atom. The van der Waals surface area contributed by atoms with Crippen molar-refractivity contribution in [3.63, 3.8) is 0 Å². The monoisotopic (exact) mass is 340 g/mol. The van der Waals surface area contributed by atoms with Gasteiger partial charge in [-0.25, -0.2) is 4.98 Å². The van der Waals surface area contributed by atoms with Gasteiger partial charge in [0, 0.05) is 49.2 Å². The number of aromatic nitrogens is 2. The second kappa shape index (κ2) is 6.26. The summed E-state index contributed by atoms with van der Waals surface area (Å²) in [6, 6.07) is 9.40.